The zero-order chi connectivity index (χ0) is 10.6. The van der Waals surface area contributed by atoms with Crippen molar-refractivity contribution in [2.24, 2.45) is 0 Å². The van der Waals surface area contributed by atoms with Gasteiger partial charge in [0.1, 0.15) is 0 Å². The molecule has 14 heavy (non-hydrogen) atoms. The molecule has 1 aromatic carbocycles. The molecule has 0 aliphatic heterocycles. The molecule has 0 saturated carbocycles. The number of halogens is 2. The molecule has 0 amide bonds. The number of nitro benzene ring substituents is 1. The van der Waals surface area contributed by atoms with E-state index in [-0.39, 0.29) is 5.69 Å². The van der Waals surface area contributed by atoms with Crippen LogP contribution in [0.2, 0.25) is 5.02 Å². The highest BCUT2D eigenvalue weighted by atomic mass is 79.9. The molecule has 0 N–H and O–H groups in total. The first-order valence-electron chi connectivity index (χ1n) is 3.64. The van der Waals surface area contributed by atoms with E-state index in [9.17, 15) is 10.1 Å². The third-order valence-electron chi connectivity index (χ3n) is 1.45. The molecule has 5 heteroatoms. The van der Waals surface area contributed by atoms with Crippen LogP contribution in [0.1, 0.15) is 5.56 Å². The smallest absolute Gasteiger partial charge is 0.258 e. The first kappa shape index (κ1) is 11.0. The van der Waals surface area contributed by atoms with Gasteiger partial charge in [0.05, 0.1) is 15.3 Å². The lowest BCUT2D eigenvalue weighted by Gasteiger charge is -1.95. The Balaban J connectivity index is 3.14. The number of hydrogen-bond acceptors (Lipinski definition) is 2. The Hall–Kier alpha value is -1.05. The van der Waals surface area contributed by atoms with Crippen molar-refractivity contribution in [2.75, 3.05) is 5.33 Å². The van der Waals surface area contributed by atoms with Crippen molar-refractivity contribution in [1.82, 2.24) is 0 Å². The summed E-state index contributed by atoms with van der Waals surface area (Å²) in [5, 5.41) is 11.4. The van der Waals surface area contributed by atoms with Crippen molar-refractivity contribution in [2.45, 2.75) is 0 Å². The molecule has 0 heterocycles. The van der Waals surface area contributed by atoms with Crippen LogP contribution in [0.4, 0.5) is 5.69 Å². The van der Waals surface area contributed by atoms with E-state index >= 15 is 0 Å². The van der Waals surface area contributed by atoms with E-state index in [1.54, 1.807) is 0 Å². The van der Waals surface area contributed by atoms with E-state index in [1.165, 1.54) is 18.2 Å². The zero-order valence-electron chi connectivity index (χ0n) is 6.96. The molecule has 0 spiro atoms. The molecule has 1 aromatic rings. The monoisotopic (exact) mass is 273 g/mol. The van der Waals surface area contributed by atoms with E-state index in [0.717, 1.165) is 0 Å². The van der Waals surface area contributed by atoms with Gasteiger partial charge < -0.3 is 0 Å². The number of alkyl halides is 1. The Labute approximate surface area is 94.3 Å². The van der Waals surface area contributed by atoms with Crippen LogP contribution in [0.15, 0.2) is 18.2 Å². The maximum absolute atomic E-state index is 10.4. The second-order valence-electron chi connectivity index (χ2n) is 2.36. The Bertz CT molecular complexity index is 423. The molecule has 0 saturated heterocycles. The van der Waals surface area contributed by atoms with Crippen molar-refractivity contribution in [3.8, 4) is 11.8 Å². The van der Waals surface area contributed by atoms with Crippen LogP contribution in [0, 0.1) is 22.0 Å². The number of benzene rings is 1. The highest BCUT2D eigenvalue weighted by molar-refractivity contribution is 9.09. The molecule has 0 unspecified atom stereocenters. The number of nitro groups is 1. The van der Waals surface area contributed by atoms with E-state index in [0.29, 0.717) is 15.9 Å². The van der Waals surface area contributed by atoms with Crippen LogP contribution in [0.25, 0.3) is 0 Å². The zero-order valence-corrected chi connectivity index (χ0v) is 9.30. The van der Waals surface area contributed by atoms with E-state index in [1.807, 2.05) is 0 Å². The first-order valence-corrected chi connectivity index (χ1v) is 5.14. The standard InChI is InChI=1S/C9H5BrClNO2/c10-5-1-2-7-6-8(12(13)14)3-4-9(7)11/h3-4,6H,5H2. The van der Waals surface area contributed by atoms with Crippen molar-refractivity contribution in [3.05, 3.63) is 38.9 Å². The van der Waals surface area contributed by atoms with E-state index < -0.39 is 4.92 Å². The minimum atomic E-state index is -0.477. The van der Waals surface area contributed by atoms with Gasteiger partial charge in [-0.25, -0.2) is 0 Å². The number of non-ortho nitro benzene ring substituents is 1. The summed E-state index contributed by atoms with van der Waals surface area (Å²) in [6.07, 6.45) is 0. The summed E-state index contributed by atoms with van der Waals surface area (Å²) in [5.41, 5.74) is 0.466. The lowest BCUT2D eigenvalue weighted by Crippen LogP contribution is -1.88. The molecule has 0 fully saturated rings. The quantitative estimate of drug-likeness (QED) is 0.342. The number of nitrogens with zero attached hydrogens (tertiary/aromatic N) is 1. The molecule has 72 valence electrons. The normalized spacial score (nSPS) is 9.00. The summed E-state index contributed by atoms with van der Waals surface area (Å²) >= 11 is 8.92. The molecule has 0 atom stereocenters. The molecular weight excluding hydrogens is 269 g/mol. The van der Waals surface area contributed by atoms with Gasteiger partial charge >= 0.3 is 0 Å². The third kappa shape index (κ3) is 2.72. The van der Waals surface area contributed by atoms with Crippen molar-refractivity contribution < 1.29 is 4.92 Å². The fourth-order valence-electron chi connectivity index (χ4n) is 0.851. The van der Waals surface area contributed by atoms with Crippen LogP contribution < -0.4 is 0 Å². The SMILES string of the molecule is O=[N+]([O-])c1ccc(Cl)c(C#CCBr)c1. The number of hydrogen-bond donors (Lipinski definition) is 0. The van der Waals surface area contributed by atoms with Gasteiger partial charge in [0.2, 0.25) is 0 Å². The predicted octanol–water partition coefficient (Wildman–Crippen LogP) is 2.99. The van der Waals surface area contributed by atoms with Gasteiger partial charge in [-0.05, 0) is 6.07 Å². The molecule has 0 aromatic heterocycles. The molecule has 0 aliphatic rings. The molecule has 3 nitrogen and oxygen atoms in total. The van der Waals surface area contributed by atoms with Crippen molar-refractivity contribution in [3.63, 3.8) is 0 Å². The first-order chi connectivity index (χ1) is 6.65. The second-order valence-corrected chi connectivity index (χ2v) is 3.32. The highest BCUT2D eigenvalue weighted by Crippen LogP contribution is 2.20. The predicted molar refractivity (Wildman–Crippen MR) is 58.8 cm³/mol. The van der Waals surface area contributed by atoms with E-state index in [2.05, 4.69) is 27.8 Å². The van der Waals surface area contributed by atoms with Crippen molar-refractivity contribution >= 4 is 33.2 Å². The minimum absolute atomic E-state index is 0.00623. The molecule has 0 radical (unpaired) electrons. The molecule has 0 bridgehead atoms. The van der Waals surface area contributed by atoms with Gasteiger partial charge in [0.15, 0.2) is 0 Å². The Kier molecular flexibility index (Phi) is 3.93. The van der Waals surface area contributed by atoms with Crippen LogP contribution in [0.5, 0.6) is 0 Å². The van der Waals surface area contributed by atoms with Crippen LogP contribution >= 0.6 is 27.5 Å². The summed E-state index contributed by atoms with van der Waals surface area (Å²) in [7, 11) is 0. The minimum Gasteiger partial charge on any atom is -0.258 e. The average Bonchev–Trinajstić information content (AvgIpc) is 2.16. The largest absolute Gasteiger partial charge is 0.270 e. The summed E-state index contributed by atoms with van der Waals surface area (Å²) < 4.78 is 0. The molecule has 0 aliphatic carbocycles. The van der Waals surface area contributed by atoms with Gasteiger partial charge in [-0.15, -0.1) is 0 Å². The highest BCUT2D eigenvalue weighted by Gasteiger charge is 2.07. The van der Waals surface area contributed by atoms with Crippen LogP contribution in [-0.4, -0.2) is 10.3 Å². The van der Waals surface area contributed by atoms with Gasteiger partial charge in [-0.2, -0.15) is 0 Å². The fraction of sp³-hybridized carbons (Fsp3) is 0.111. The van der Waals surface area contributed by atoms with Crippen LogP contribution in [0.3, 0.4) is 0 Å². The number of rotatable bonds is 1. The summed E-state index contributed by atoms with van der Waals surface area (Å²) in [6.45, 7) is 0. The maximum Gasteiger partial charge on any atom is 0.270 e. The van der Waals surface area contributed by atoms with E-state index in [4.69, 9.17) is 11.6 Å². The fourth-order valence-corrected chi connectivity index (χ4v) is 1.16. The Morgan fingerprint density at radius 3 is 2.86 bits per heavy atom. The van der Waals surface area contributed by atoms with Crippen LogP contribution in [-0.2, 0) is 0 Å². The van der Waals surface area contributed by atoms with Gasteiger partial charge in [-0.1, -0.05) is 39.4 Å². The van der Waals surface area contributed by atoms with Gasteiger partial charge in [-0.3, -0.25) is 10.1 Å². The van der Waals surface area contributed by atoms with Crippen molar-refractivity contribution in [1.29, 1.82) is 0 Å². The Morgan fingerprint density at radius 1 is 1.57 bits per heavy atom. The molecular formula is C9H5BrClNO2. The van der Waals surface area contributed by atoms with Gasteiger partial charge in [0, 0.05) is 17.7 Å². The molecule has 1 rings (SSSR count). The average molecular weight is 275 g/mol. The topological polar surface area (TPSA) is 43.1 Å². The maximum atomic E-state index is 10.4. The summed E-state index contributed by atoms with van der Waals surface area (Å²) in [4.78, 5) is 9.97. The second kappa shape index (κ2) is 4.99. The lowest BCUT2D eigenvalue weighted by molar-refractivity contribution is -0.384. The lowest BCUT2D eigenvalue weighted by atomic mass is 10.2. The summed E-state index contributed by atoms with van der Waals surface area (Å²) in [6, 6.07) is 4.18. The third-order valence-corrected chi connectivity index (χ3v) is 2.06. The van der Waals surface area contributed by atoms with Gasteiger partial charge in [0.25, 0.3) is 5.69 Å². The summed E-state index contributed by atoms with van der Waals surface area (Å²) in [5.74, 6) is 5.46. The Morgan fingerprint density at radius 2 is 2.29 bits per heavy atom.